The lowest BCUT2D eigenvalue weighted by molar-refractivity contribution is 0.0583. The summed E-state index contributed by atoms with van der Waals surface area (Å²) >= 11 is 0. The van der Waals surface area contributed by atoms with Crippen LogP contribution in [0.1, 0.15) is 40.0 Å². The number of hydrogen-bond acceptors (Lipinski definition) is 8. The van der Waals surface area contributed by atoms with Gasteiger partial charge in [0.1, 0.15) is 0 Å². The predicted molar refractivity (Wildman–Crippen MR) is 137 cm³/mol. The average molecular weight is 505 g/mol. The number of methoxy groups -OCH3 is 2. The molecule has 192 valence electrons. The predicted octanol–water partition coefficient (Wildman–Crippen LogP) is 3.41. The van der Waals surface area contributed by atoms with E-state index in [9.17, 15) is 9.59 Å². The van der Waals surface area contributed by atoms with E-state index < -0.39 is 0 Å². The second kappa shape index (κ2) is 9.42. The Bertz CT molecular complexity index is 1220. The van der Waals surface area contributed by atoms with Crippen LogP contribution in [0, 0.1) is 0 Å². The largest absolute Gasteiger partial charge is 0.493 e. The summed E-state index contributed by atoms with van der Waals surface area (Å²) in [5.74, 6) is 1.95. The smallest absolute Gasteiger partial charge is 0.256 e. The van der Waals surface area contributed by atoms with Gasteiger partial charge in [-0.2, -0.15) is 0 Å². The molecule has 4 aliphatic heterocycles. The number of fused-ring (bicyclic) bond motifs is 4. The molecule has 2 fully saturated rings. The molecule has 0 N–H and O–H groups in total. The number of rotatable bonds is 8. The maximum atomic E-state index is 12.8. The molecule has 0 saturated carbocycles. The standard InChI is InChI=1S/C27H28N4O6/c1-34-22-10-18-20(28-14-16-4-6-30(16)26(18)32)12-24(22)36-8-3-9-37-25-13-21-19(11-23(25)35-2)27(33)31-7-5-17(31)15-29-21/h10-17H,3-9H2,1-2H3/t16-,17-/m0/s1. The molecular weight excluding hydrogens is 476 g/mol. The van der Waals surface area contributed by atoms with Crippen LogP contribution in [0.2, 0.25) is 0 Å². The maximum absolute atomic E-state index is 12.8. The Morgan fingerprint density at radius 2 is 1.19 bits per heavy atom. The van der Waals surface area contributed by atoms with Gasteiger partial charge >= 0.3 is 0 Å². The van der Waals surface area contributed by atoms with Crippen LogP contribution in [-0.2, 0) is 0 Å². The van der Waals surface area contributed by atoms with Crippen LogP contribution < -0.4 is 18.9 Å². The summed E-state index contributed by atoms with van der Waals surface area (Å²) in [6, 6.07) is 7.04. The van der Waals surface area contributed by atoms with E-state index in [4.69, 9.17) is 18.9 Å². The fourth-order valence-electron chi connectivity index (χ4n) is 4.89. The summed E-state index contributed by atoms with van der Waals surface area (Å²) in [5.41, 5.74) is 2.21. The summed E-state index contributed by atoms with van der Waals surface area (Å²) in [6.07, 6.45) is 6.09. The number of nitrogens with zero attached hydrogens (tertiary/aromatic N) is 4. The third-order valence-electron chi connectivity index (χ3n) is 7.25. The van der Waals surface area contributed by atoms with Crippen LogP contribution in [0.4, 0.5) is 11.4 Å². The van der Waals surface area contributed by atoms with Crippen molar-refractivity contribution in [3.63, 3.8) is 0 Å². The highest BCUT2D eigenvalue weighted by Gasteiger charge is 2.36. The first-order valence-corrected chi connectivity index (χ1v) is 12.5. The molecule has 37 heavy (non-hydrogen) atoms. The summed E-state index contributed by atoms with van der Waals surface area (Å²) < 4.78 is 22.9. The van der Waals surface area contributed by atoms with Gasteiger partial charge in [0.2, 0.25) is 0 Å². The van der Waals surface area contributed by atoms with E-state index in [0.29, 0.717) is 65.1 Å². The minimum atomic E-state index is -0.0347. The fraction of sp³-hybridized carbons (Fsp3) is 0.407. The van der Waals surface area contributed by atoms with Gasteiger partial charge in [0.05, 0.1) is 62.0 Å². The highest BCUT2D eigenvalue weighted by molar-refractivity contribution is 6.04. The van der Waals surface area contributed by atoms with E-state index in [2.05, 4.69) is 9.98 Å². The zero-order chi connectivity index (χ0) is 25.5. The molecule has 2 aromatic carbocycles. The molecule has 0 unspecified atom stereocenters. The first-order valence-electron chi connectivity index (χ1n) is 12.5. The van der Waals surface area contributed by atoms with E-state index in [1.165, 1.54) is 0 Å². The summed E-state index contributed by atoms with van der Waals surface area (Å²) in [7, 11) is 3.10. The van der Waals surface area contributed by atoms with E-state index in [-0.39, 0.29) is 23.9 Å². The monoisotopic (exact) mass is 504 g/mol. The summed E-state index contributed by atoms with van der Waals surface area (Å²) in [6.45, 7) is 2.21. The average Bonchev–Trinajstić information content (AvgIpc) is 3.01. The molecule has 4 aliphatic rings. The molecule has 0 spiro atoms. The van der Waals surface area contributed by atoms with Gasteiger partial charge in [-0.25, -0.2) is 0 Å². The van der Waals surface area contributed by atoms with Gasteiger partial charge < -0.3 is 28.7 Å². The molecular formula is C27H28N4O6. The van der Waals surface area contributed by atoms with Crippen molar-refractivity contribution in [3.8, 4) is 23.0 Å². The number of benzene rings is 2. The Kier molecular flexibility index (Phi) is 5.94. The normalized spacial score (nSPS) is 20.9. The molecule has 4 heterocycles. The number of amides is 2. The molecule has 10 nitrogen and oxygen atoms in total. The van der Waals surface area contributed by atoms with Crippen molar-refractivity contribution in [1.29, 1.82) is 0 Å². The highest BCUT2D eigenvalue weighted by atomic mass is 16.5. The van der Waals surface area contributed by atoms with Gasteiger partial charge in [-0.3, -0.25) is 19.6 Å². The molecule has 10 heteroatoms. The van der Waals surface area contributed by atoms with Crippen molar-refractivity contribution in [2.75, 3.05) is 40.5 Å². The highest BCUT2D eigenvalue weighted by Crippen LogP contribution is 2.40. The topological polar surface area (TPSA) is 102 Å². The Balaban J connectivity index is 1.11. The molecule has 2 saturated heterocycles. The minimum Gasteiger partial charge on any atom is -0.493 e. The first-order chi connectivity index (χ1) is 18.1. The first kappa shape index (κ1) is 23.3. The van der Waals surface area contributed by atoms with Crippen molar-refractivity contribution in [2.24, 2.45) is 9.98 Å². The van der Waals surface area contributed by atoms with Crippen molar-refractivity contribution in [3.05, 3.63) is 35.4 Å². The lowest BCUT2D eigenvalue weighted by Crippen LogP contribution is -2.51. The fourth-order valence-corrected chi connectivity index (χ4v) is 4.89. The van der Waals surface area contributed by atoms with Crippen LogP contribution in [0.15, 0.2) is 34.3 Å². The van der Waals surface area contributed by atoms with E-state index in [1.54, 1.807) is 38.5 Å². The lowest BCUT2D eigenvalue weighted by Gasteiger charge is -2.37. The van der Waals surface area contributed by atoms with Crippen molar-refractivity contribution in [2.45, 2.75) is 31.3 Å². The third kappa shape index (κ3) is 4.06. The molecule has 0 radical (unpaired) electrons. The maximum Gasteiger partial charge on any atom is 0.256 e. The molecule has 6 rings (SSSR count). The van der Waals surface area contributed by atoms with Crippen molar-refractivity contribution < 1.29 is 28.5 Å². The van der Waals surface area contributed by atoms with E-state index >= 15 is 0 Å². The van der Waals surface area contributed by atoms with Crippen LogP contribution in [0.3, 0.4) is 0 Å². The van der Waals surface area contributed by atoms with E-state index in [1.807, 2.05) is 22.2 Å². The van der Waals surface area contributed by atoms with Crippen molar-refractivity contribution >= 4 is 35.6 Å². The second-order valence-corrected chi connectivity index (χ2v) is 9.36. The van der Waals surface area contributed by atoms with Gasteiger partial charge in [0.15, 0.2) is 23.0 Å². The SMILES string of the molecule is COc1cc2c(cc1OCCCOc1cc3c(cc1OC)C(=O)N1CC[C@H]1C=N3)N=C[C@@H]1CCN1C2=O. The molecule has 2 aromatic rings. The number of hydrogen-bond donors (Lipinski definition) is 0. The van der Waals surface area contributed by atoms with Crippen LogP contribution in [-0.4, -0.2) is 86.6 Å². The quantitative estimate of drug-likeness (QED) is 0.511. The number of aliphatic imine (C=N–C) groups is 2. The lowest BCUT2D eigenvalue weighted by atomic mass is 10.0. The molecule has 0 aliphatic carbocycles. The third-order valence-corrected chi connectivity index (χ3v) is 7.25. The van der Waals surface area contributed by atoms with Gasteiger partial charge in [0, 0.05) is 44.1 Å². The molecule has 2 amide bonds. The summed E-state index contributed by atoms with van der Waals surface area (Å²) in [5, 5.41) is 0. The van der Waals surface area contributed by atoms with E-state index in [0.717, 1.165) is 25.9 Å². The van der Waals surface area contributed by atoms with Gasteiger partial charge in [0.25, 0.3) is 11.8 Å². The molecule has 0 bridgehead atoms. The Morgan fingerprint density at radius 3 is 1.57 bits per heavy atom. The number of carbonyl (C=O) groups is 2. The molecule has 0 aromatic heterocycles. The zero-order valence-electron chi connectivity index (χ0n) is 20.8. The van der Waals surface area contributed by atoms with Crippen LogP contribution in [0.25, 0.3) is 0 Å². The Morgan fingerprint density at radius 1 is 0.730 bits per heavy atom. The van der Waals surface area contributed by atoms with Crippen molar-refractivity contribution in [1.82, 2.24) is 9.80 Å². The van der Waals surface area contributed by atoms with Crippen LogP contribution >= 0.6 is 0 Å². The Hall–Kier alpha value is -4.08. The molecule has 2 atom stereocenters. The second-order valence-electron chi connectivity index (χ2n) is 9.36. The van der Waals surface area contributed by atoms with Gasteiger partial charge in [-0.15, -0.1) is 0 Å². The zero-order valence-corrected chi connectivity index (χ0v) is 20.8. The summed E-state index contributed by atoms with van der Waals surface area (Å²) in [4.78, 5) is 38.3. The van der Waals surface area contributed by atoms with Gasteiger partial charge in [-0.05, 0) is 25.0 Å². The van der Waals surface area contributed by atoms with Crippen LogP contribution in [0.5, 0.6) is 23.0 Å². The number of ether oxygens (including phenoxy) is 4. The Labute approximate surface area is 214 Å². The minimum absolute atomic E-state index is 0.0347. The van der Waals surface area contributed by atoms with Gasteiger partial charge in [-0.1, -0.05) is 0 Å². The number of carbonyl (C=O) groups excluding carboxylic acids is 2.